The number of carbonyl (C=O) groups is 1. The van der Waals surface area contributed by atoms with Crippen LogP contribution in [0.15, 0.2) is 60.1 Å². The van der Waals surface area contributed by atoms with Crippen molar-refractivity contribution in [3.63, 3.8) is 0 Å². The molecule has 180 valence electrons. The molecular weight excluding hydrogens is 468 g/mol. The van der Waals surface area contributed by atoms with Crippen LogP contribution in [-0.2, 0) is 6.42 Å². The SMILES string of the molecule is Cc1nc(-c2ccc(CCNC(=O)c3cc(C4CC4)nc4c3c(C)nn4-c3ccccn3)cc2)cs1. The van der Waals surface area contributed by atoms with E-state index < -0.39 is 0 Å². The summed E-state index contributed by atoms with van der Waals surface area (Å²) >= 11 is 1.65. The van der Waals surface area contributed by atoms with Crippen molar-refractivity contribution in [3.8, 4) is 17.1 Å². The van der Waals surface area contributed by atoms with Gasteiger partial charge in [0.25, 0.3) is 5.91 Å². The highest BCUT2D eigenvalue weighted by Gasteiger charge is 2.29. The molecule has 0 unspecified atom stereocenters. The predicted molar refractivity (Wildman–Crippen MR) is 142 cm³/mol. The first-order valence-electron chi connectivity index (χ1n) is 12.2. The molecule has 1 aliphatic carbocycles. The number of aromatic nitrogens is 5. The maximum atomic E-state index is 13.4. The van der Waals surface area contributed by atoms with E-state index in [1.807, 2.05) is 38.1 Å². The fourth-order valence-electron chi connectivity index (χ4n) is 4.47. The maximum Gasteiger partial charge on any atom is 0.252 e. The highest BCUT2D eigenvalue weighted by Crippen LogP contribution is 2.40. The van der Waals surface area contributed by atoms with Gasteiger partial charge >= 0.3 is 0 Å². The molecule has 4 aromatic heterocycles. The number of benzene rings is 1. The lowest BCUT2D eigenvalue weighted by molar-refractivity contribution is 0.0955. The Morgan fingerprint density at radius 2 is 1.94 bits per heavy atom. The van der Waals surface area contributed by atoms with Crippen LogP contribution in [0.4, 0.5) is 0 Å². The quantitative estimate of drug-likeness (QED) is 0.327. The lowest BCUT2D eigenvalue weighted by Crippen LogP contribution is -2.26. The van der Waals surface area contributed by atoms with Crippen molar-refractivity contribution in [2.24, 2.45) is 0 Å². The Kier molecular flexibility index (Phi) is 5.81. The van der Waals surface area contributed by atoms with Gasteiger partial charge in [0.05, 0.1) is 27.3 Å². The molecule has 1 fully saturated rings. The van der Waals surface area contributed by atoms with Gasteiger partial charge in [0, 0.05) is 35.3 Å². The van der Waals surface area contributed by atoms with Crippen molar-refractivity contribution < 1.29 is 4.79 Å². The summed E-state index contributed by atoms with van der Waals surface area (Å²) in [6, 6.07) is 16.0. The van der Waals surface area contributed by atoms with Gasteiger partial charge < -0.3 is 5.32 Å². The van der Waals surface area contributed by atoms with Crippen molar-refractivity contribution in [2.75, 3.05) is 6.54 Å². The third-order valence-corrected chi connectivity index (χ3v) is 7.28. The van der Waals surface area contributed by atoms with Crippen molar-refractivity contribution >= 4 is 28.3 Å². The van der Waals surface area contributed by atoms with E-state index in [2.05, 4.69) is 44.9 Å². The number of thiazole rings is 1. The molecular formula is C28H26N6OS. The van der Waals surface area contributed by atoms with Gasteiger partial charge in [-0.25, -0.2) is 15.0 Å². The Balaban J connectivity index is 1.23. The monoisotopic (exact) mass is 494 g/mol. The Bertz CT molecular complexity index is 1550. The Morgan fingerprint density at radius 1 is 1.11 bits per heavy atom. The summed E-state index contributed by atoms with van der Waals surface area (Å²) in [4.78, 5) is 27.3. The first kappa shape index (κ1) is 22.5. The Morgan fingerprint density at radius 3 is 2.64 bits per heavy atom. The number of nitrogens with zero attached hydrogens (tertiary/aromatic N) is 5. The number of nitrogens with one attached hydrogen (secondary N) is 1. The second-order valence-corrected chi connectivity index (χ2v) is 10.3. The Hall–Kier alpha value is -3.91. The van der Waals surface area contributed by atoms with Crippen molar-refractivity contribution in [1.82, 2.24) is 30.0 Å². The molecule has 1 aromatic carbocycles. The van der Waals surface area contributed by atoms with Gasteiger partial charge in [-0.2, -0.15) is 9.78 Å². The van der Waals surface area contributed by atoms with Crippen molar-refractivity contribution in [3.05, 3.63) is 87.6 Å². The maximum absolute atomic E-state index is 13.4. The minimum absolute atomic E-state index is 0.0949. The van der Waals surface area contributed by atoms with E-state index in [0.717, 1.165) is 52.3 Å². The van der Waals surface area contributed by atoms with Crippen LogP contribution in [0.2, 0.25) is 0 Å². The van der Waals surface area contributed by atoms with Crippen LogP contribution >= 0.6 is 11.3 Å². The van der Waals surface area contributed by atoms with Crippen LogP contribution in [0, 0.1) is 13.8 Å². The van der Waals surface area contributed by atoms with Gasteiger partial charge in [-0.05, 0) is 56.9 Å². The molecule has 1 N–H and O–H groups in total. The second kappa shape index (κ2) is 9.28. The second-order valence-electron chi connectivity index (χ2n) is 9.21. The molecule has 5 aromatic rings. The van der Waals surface area contributed by atoms with E-state index >= 15 is 0 Å². The molecule has 0 aliphatic heterocycles. The lowest BCUT2D eigenvalue weighted by atomic mass is 10.1. The van der Waals surface area contributed by atoms with E-state index in [9.17, 15) is 4.79 Å². The summed E-state index contributed by atoms with van der Waals surface area (Å²) in [5, 5.41) is 11.7. The zero-order valence-electron chi connectivity index (χ0n) is 20.2. The van der Waals surface area contributed by atoms with Gasteiger partial charge in [0.2, 0.25) is 0 Å². The van der Waals surface area contributed by atoms with Crippen LogP contribution in [0.25, 0.3) is 28.1 Å². The molecule has 7 nitrogen and oxygen atoms in total. The summed E-state index contributed by atoms with van der Waals surface area (Å²) in [5.41, 5.74) is 6.33. The Labute approximate surface area is 213 Å². The first-order chi connectivity index (χ1) is 17.6. The smallest absolute Gasteiger partial charge is 0.252 e. The number of hydrogen-bond acceptors (Lipinski definition) is 6. The molecule has 1 saturated carbocycles. The molecule has 0 atom stereocenters. The van der Waals surface area contributed by atoms with Gasteiger partial charge in [-0.15, -0.1) is 11.3 Å². The van der Waals surface area contributed by atoms with E-state index in [4.69, 9.17) is 10.1 Å². The number of aryl methyl sites for hydroxylation is 2. The highest BCUT2D eigenvalue weighted by atomic mass is 32.1. The van der Waals surface area contributed by atoms with Gasteiger partial charge in [0.15, 0.2) is 11.5 Å². The summed E-state index contributed by atoms with van der Waals surface area (Å²) < 4.78 is 1.75. The zero-order chi connectivity index (χ0) is 24.6. The lowest BCUT2D eigenvalue weighted by Gasteiger charge is -2.10. The number of rotatable bonds is 7. The fraction of sp³-hybridized carbons (Fsp3) is 0.250. The van der Waals surface area contributed by atoms with Crippen LogP contribution in [-0.4, -0.2) is 37.2 Å². The van der Waals surface area contributed by atoms with Crippen LogP contribution in [0.3, 0.4) is 0 Å². The van der Waals surface area contributed by atoms with Crippen molar-refractivity contribution in [2.45, 2.75) is 39.0 Å². The van der Waals surface area contributed by atoms with Gasteiger partial charge in [-0.1, -0.05) is 30.3 Å². The first-order valence-corrected chi connectivity index (χ1v) is 13.1. The molecule has 1 aliphatic rings. The zero-order valence-corrected chi connectivity index (χ0v) is 21.0. The third-order valence-electron chi connectivity index (χ3n) is 6.51. The molecule has 6 rings (SSSR count). The van der Waals surface area contributed by atoms with E-state index in [1.54, 1.807) is 22.2 Å². The molecule has 1 amide bonds. The molecule has 36 heavy (non-hydrogen) atoms. The minimum atomic E-state index is -0.0949. The largest absolute Gasteiger partial charge is 0.352 e. The number of amides is 1. The number of carbonyl (C=O) groups excluding carboxylic acids is 1. The number of fused-ring (bicyclic) bond motifs is 1. The average molecular weight is 495 g/mol. The van der Waals surface area contributed by atoms with E-state index in [-0.39, 0.29) is 5.91 Å². The molecule has 4 heterocycles. The molecule has 0 spiro atoms. The fourth-order valence-corrected chi connectivity index (χ4v) is 5.09. The van der Waals surface area contributed by atoms with E-state index in [0.29, 0.717) is 29.5 Å². The minimum Gasteiger partial charge on any atom is -0.352 e. The van der Waals surface area contributed by atoms with Gasteiger partial charge in [0.1, 0.15) is 0 Å². The molecule has 0 saturated heterocycles. The molecule has 0 bridgehead atoms. The van der Waals surface area contributed by atoms with Crippen molar-refractivity contribution in [1.29, 1.82) is 0 Å². The molecule has 0 radical (unpaired) electrons. The normalized spacial score (nSPS) is 13.3. The third kappa shape index (κ3) is 4.40. The summed E-state index contributed by atoms with van der Waals surface area (Å²) in [7, 11) is 0. The number of pyridine rings is 2. The average Bonchev–Trinajstić information content (AvgIpc) is 3.58. The summed E-state index contributed by atoms with van der Waals surface area (Å²) in [5.74, 6) is 1.01. The predicted octanol–water partition coefficient (Wildman–Crippen LogP) is 5.41. The van der Waals surface area contributed by atoms with Crippen LogP contribution in [0.1, 0.15) is 51.1 Å². The van der Waals surface area contributed by atoms with E-state index in [1.165, 1.54) is 5.56 Å². The van der Waals surface area contributed by atoms with Gasteiger partial charge in [-0.3, -0.25) is 4.79 Å². The summed E-state index contributed by atoms with van der Waals surface area (Å²) in [6.45, 7) is 4.48. The topological polar surface area (TPSA) is 85.6 Å². The number of hydrogen-bond donors (Lipinski definition) is 1. The standard InChI is InChI=1S/C28H26N6OS/c1-17-26-22(15-23(20-10-11-20)32-27(26)34(33-17)25-5-3-4-13-29-25)28(35)30-14-12-19-6-8-21(9-7-19)24-16-36-18(2)31-24/h3-9,13,15-16,20H,10-12,14H2,1-2H3,(H,30,35). The molecule has 8 heteroatoms. The van der Waals surface area contributed by atoms with Crippen LogP contribution in [0.5, 0.6) is 0 Å². The van der Waals surface area contributed by atoms with Crippen LogP contribution < -0.4 is 5.32 Å². The highest BCUT2D eigenvalue weighted by molar-refractivity contribution is 7.09. The summed E-state index contributed by atoms with van der Waals surface area (Å²) in [6.07, 6.45) is 4.69.